The first-order valence-electron chi connectivity index (χ1n) is 5.76. The lowest BCUT2D eigenvalue weighted by Crippen LogP contribution is -2.46. The number of hydrogen-bond acceptors (Lipinski definition) is 0. The Labute approximate surface area is 146 Å². The van der Waals surface area contributed by atoms with Crippen LogP contribution in [-0.2, 0) is 0 Å². The number of benzene rings is 1. The van der Waals surface area contributed by atoms with Crippen LogP contribution >= 0.6 is 63.7 Å². The van der Waals surface area contributed by atoms with E-state index in [1.807, 2.05) is 0 Å². The second-order valence-corrected chi connectivity index (χ2v) is 19.7. The van der Waals surface area contributed by atoms with Crippen molar-refractivity contribution in [1.29, 1.82) is 0 Å². The average molecular weight is 538 g/mol. The van der Waals surface area contributed by atoms with E-state index in [4.69, 9.17) is 0 Å². The minimum absolute atomic E-state index is 1.23. The van der Waals surface area contributed by atoms with Gasteiger partial charge in [-0.05, 0) is 74.1 Å². The maximum Gasteiger partial charge on any atom is 0.0806 e. The molecule has 1 aromatic carbocycles. The molecule has 0 bridgehead atoms. The minimum atomic E-state index is -1.41. The standard InChI is InChI=1S/C12H18Br4Si2/c1-17(2,3)11-7(13)9(15)12(18(4,5)6)10(16)8(11)14/h1-6H3. The molecule has 0 N–H and O–H groups in total. The maximum atomic E-state index is 3.80. The number of hydrogen-bond donors (Lipinski definition) is 0. The summed E-state index contributed by atoms with van der Waals surface area (Å²) in [5.74, 6) is 0. The predicted molar refractivity (Wildman–Crippen MR) is 103 cm³/mol. The first-order chi connectivity index (χ1) is 7.89. The second-order valence-electron chi connectivity index (χ2n) is 6.51. The Morgan fingerprint density at radius 2 is 0.667 bits per heavy atom. The SMILES string of the molecule is C[Si](C)(C)c1c(Br)c(Br)c([Si](C)(C)C)c(Br)c1Br. The van der Waals surface area contributed by atoms with Gasteiger partial charge in [0.15, 0.2) is 0 Å². The van der Waals surface area contributed by atoms with E-state index in [9.17, 15) is 0 Å². The third-order valence-electron chi connectivity index (χ3n) is 2.76. The highest BCUT2D eigenvalue weighted by Gasteiger charge is 2.32. The van der Waals surface area contributed by atoms with E-state index >= 15 is 0 Å². The first kappa shape index (κ1) is 17.6. The van der Waals surface area contributed by atoms with Crippen molar-refractivity contribution in [3.8, 4) is 0 Å². The van der Waals surface area contributed by atoms with Gasteiger partial charge in [0.25, 0.3) is 0 Å². The van der Waals surface area contributed by atoms with Gasteiger partial charge >= 0.3 is 0 Å². The predicted octanol–water partition coefficient (Wildman–Crippen LogP) is 5.83. The summed E-state index contributed by atoms with van der Waals surface area (Å²) < 4.78 is 4.92. The van der Waals surface area contributed by atoms with E-state index in [2.05, 4.69) is 103 Å². The van der Waals surface area contributed by atoms with Crippen molar-refractivity contribution in [2.24, 2.45) is 0 Å². The molecule has 0 aliphatic carbocycles. The molecule has 6 heteroatoms. The average Bonchev–Trinajstić information content (AvgIpc) is 2.10. The van der Waals surface area contributed by atoms with Crippen LogP contribution in [0.3, 0.4) is 0 Å². The lowest BCUT2D eigenvalue weighted by atomic mass is 10.3. The van der Waals surface area contributed by atoms with Crippen LogP contribution in [0, 0.1) is 0 Å². The molecule has 0 spiro atoms. The van der Waals surface area contributed by atoms with E-state index in [1.54, 1.807) is 0 Å². The first-order valence-corrected chi connectivity index (χ1v) is 15.9. The van der Waals surface area contributed by atoms with Gasteiger partial charge < -0.3 is 0 Å². The van der Waals surface area contributed by atoms with Gasteiger partial charge in [0, 0.05) is 17.9 Å². The van der Waals surface area contributed by atoms with Gasteiger partial charge in [-0.1, -0.05) is 39.3 Å². The Kier molecular flexibility index (Phi) is 5.63. The molecule has 0 unspecified atom stereocenters. The lowest BCUT2D eigenvalue weighted by molar-refractivity contribution is 1.53. The molecule has 18 heavy (non-hydrogen) atoms. The van der Waals surface area contributed by atoms with Crippen LogP contribution < -0.4 is 10.4 Å². The highest BCUT2D eigenvalue weighted by atomic mass is 79.9. The zero-order chi connectivity index (χ0) is 14.5. The highest BCUT2D eigenvalue weighted by molar-refractivity contribution is 9.14. The van der Waals surface area contributed by atoms with Crippen LogP contribution in [0.25, 0.3) is 0 Å². The molecule has 0 saturated carbocycles. The summed E-state index contributed by atoms with van der Waals surface area (Å²) in [6.07, 6.45) is 0. The Balaban J connectivity index is 3.79. The molecule has 0 saturated heterocycles. The fraction of sp³-hybridized carbons (Fsp3) is 0.500. The van der Waals surface area contributed by atoms with Crippen molar-refractivity contribution in [1.82, 2.24) is 0 Å². The molecule has 0 amide bonds. The van der Waals surface area contributed by atoms with Crippen LogP contribution in [0.1, 0.15) is 0 Å². The maximum absolute atomic E-state index is 3.80. The van der Waals surface area contributed by atoms with Gasteiger partial charge in [-0.15, -0.1) is 0 Å². The zero-order valence-electron chi connectivity index (χ0n) is 11.5. The van der Waals surface area contributed by atoms with Crippen molar-refractivity contribution >= 4 is 90.2 Å². The van der Waals surface area contributed by atoms with E-state index in [1.165, 1.54) is 28.3 Å². The monoisotopic (exact) mass is 534 g/mol. The van der Waals surface area contributed by atoms with Gasteiger partial charge in [-0.2, -0.15) is 0 Å². The van der Waals surface area contributed by atoms with E-state index in [-0.39, 0.29) is 0 Å². The molecule has 0 nitrogen and oxygen atoms in total. The van der Waals surface area contributed by atoms with Crippen molar-refractivity contribution in [3.63, 3.8) is 0 Å². The van der Waals surface area contributed by atoms with Crippen molar-refractivity contribution in [3.05, 3.63) is 17.9 Å². The molecule has 0 fully saturated rings. The van der Waals surface area contributed by atoms with Gasteiger partial charge in [0.1, 0.15) is 0 Å². The van der Waals surface area contributed by atoms with Crippen LogP contribution in [0.5, 0.6) is 0 Å². The third kappa shape index (κ3) is 3.42. The summed E-state index contributed by atoms with van der Waals surface area (Å²) >= 11 is 15.2. The molecule has 0 atom stereocenters. The molecule has 0 radical (unpaired) electrons. The Morgan fingerprint density at radius 3 is 0.778 bits per heavy atom. The second kappa shape index (κ2) is 5.75. The van der Waals surface area contributed by atoms with Crippen molar-refractivity contribution in [2.45, 2.75) is 39.3 Å². The molecule has 102 valence electrons. The minimum Gasteiger partial charge on any atom is -0.0656 e. The van der Waals surface area contributed by atoms with Gasteiger partial charge in [-0.3, -0.25) is 0 Å². The molecular formula is C12H18Br4Si2. The quantitative estimate of drug-likeness (QED) is 0.329. The Hall–Kier alpha value is 1.57. The normalized spacial score (nSPS) is 13.0. The summed E-state index contributed by atoms with van der Waals surface area (Å²) in [5.41, 5.74) is 0. The molecule has 0 aromatic heterocycles. The van der Waals surface area contributed by atoms with Crippen molar-refractivity contribution < 1.29 is 0 Å². The van der Waals surface area contributed by atoms with Crippen LogP contribution in [0.2, 0.25) is 39.3 Å². The van der Waals surface area contributed by atoms with E-state index in [0.717, 1.165) is 0 Å². The largest absolute Gasteiger partial charge is 0.0806 e. The fourth-order valence-electron chi connectivity index (χ4n) is 1.95. The molecular weight excluding hydrogens is 520 g/mol. The third-order valence-corrected chi connectivity index (χ3v) is 12.5. The Morgan fingerprint density at radius 1 is 0.500 bits per heavy atom. The molecule has 1 aromatic rings. The molecule has 1 rings (SSSR count). The lowest BCUT2D eigenvalue weighted by Gasteiger charge is -2.28. The van der Waals surface area contributed by atoms with Gasteiger partial charge in [-0.25, -0.2) is 0 Å². The molecule has 0 aliphatic rings. The topological polar surface area (TPSA) is 0 Å². The highest BCUT2D eigenvalue weighted by Crippen LogP contribution is 2.34. The van der Waals surface area contributed by atoms with Crippen LogP contribution in [-0.4, -0.2) is 16.1 Å². The molecule has 0 aliphatic heterocycles. The number of rotatable bonds is 2. The summed E-state index contributed by atoms with van der Waals surface area (Å²) in [6, 6.07) is 0. The molecule has 0 heterocycles. The van der Waals surface area contributed by atoms with Crippen LogP contribution in [0.15, 0.2) is 17.9 Å². The van der Waals surface area contributed by atoms with Crippen molar-refractivity contribution in [2.75, 3.05) is 0 Å². The van der Waals surface area contributed by atoms with E-state index in [0.29, 0.717) is 0 Å². The summed E-state index contributed by atoms with van der Waals surface area (Å²) in [6.45, 7) is 14.2. The summed E-state index contributed by atoms with van der Waals surface area (Å²) in [5, 5.41) is 2.87. The summed E-state index contributed by atoms with van der Waals surface area (Å²) in [7, 11) is -2.81. The van der Waals surface area contributed by atoms with Gasteiger partial charge in [0.05, 0.1) is 16.1 Å². The van der Waals surface area contributed by atoms with Crippen LogP contribution in [0.4, 0.5) is 0 Å². The van der Waals surface area contributed by atoms with E-state index < -0.39 is 16.1 Å². The zero-order valence-corrected chi connectivity index (χ0v) is 19.9. The fourth-order valence-corrected chi connectivity index (χ4v) is 15.1. The van der Waals surface area contributed by atoms with Gasteiger partial charge in [0.2, 0.25) is 0 Å². The smallest absolute Gasteiger partial charge is 0.0656 e. The number of halogens is 4. The summed E-state index contributed by atoms with van der Waals surface area (Å²) in [4.78, 5) is 0. The Bertz CT molecular complexity index is 410.